The van der Waals surface area contributed by atoms with Crippen LogP contribution >= 0.6 is 0 Å². The number of nitro groups is 1. The third-order valence-electron chi connectivity index (χ3n) is 1.42. The van der Waals surface area contributed by atoms with Gasteiger partial charge in [-0.3, -0.25) is 0 Å². The predicted molar refractivity (Wildman–Crippen MR) is 43.3 cm³/mol. The second-order valence-corrected chi connectivity index (χ2v) is 2.39. The van der Waals surface area contributed by atoms with E-state index in [2.05, 4.69) is 0 Å². The molecule has 0 radical (unpaired) electrons. The van der Waals surface area contributed by atoms with E-state index >= 15 is 0 Å². The van der Waals surface area contributed by atoms with Crippen molar-refractivity contribution >= 4 is 5.84 Å². The van der Waals surface area contributed by atoms with Crippen molar-refractivity contribution in [3.05, 3.63) is 22.3 Å². The Morgan fingerprint density at radius 1 is 1.82 bits per heavy atom. The molecule has 0 saturated carbocycles. The smallest absolute Gasteiger partial charge is 0.355 e. The lowest BCUT2D eigenvalue weighted by atomic mass is 10.1. The van der Waals surface area contributed by atoms with Crippen LogP contribution in [0.25, 0.3) is 0 Å². The van der Waals surface area contributed by atoms with E-state index < -0.39 is 10.8 Å². The van der Waals surface area contributed by atoms with E-state index in [-0.39, 0.29) is 0 Å². The van der Waals surface area contributed by atoms with Crippen LogP contribution in [0.15, 0.2) is 12.2 Å². The third kappa shape index (κ3) is 4.25. The molecule has 0 aliphatic carbocycles. The molecule has 1 atom stereocenters. The first-order chi connectivity index (χ1) is 5.07. The Bertz CT molecular complexity index is 187. The Morgan fingerprint density at radius 2 is 2.36 bits per heavy atom. The van der Waals surface area contributed by atoms with Crippen molar-refractivity contribution in [2.24, 2.45) is 5.92 Å². The molecule has 62 valence electrons. The van der Waals surface area contributed by atoms with Gasteiger partial charge in [-0.15, -0.1) is 0 Å². The number of allylic oxidation sites excluding steroid dienone is 1. The number of nitrogens with zero attached hydrogens (tertiary/aromatic N) is 1. The van der Waals surface area contributed by atoms with Gasteiger partial charge in [-0.05, 0) is 10.8 Å². The van der Waals surface area contributed by atoms with Crippen molar-refractivity contribution in [2.75, 3.05) is 0 Å². The fourth-order valence-corrected chi connectivity index (χ4v) is 0.452. The average molecular weight is 156 g/mol. The minimum atomic E-state index is -0.709. The van der Waals surface area contributed by atoms with Gasteiger partial charge in [-0.2, -0.15) is 0 Å². The summed E-state index contributed by atoms with van der Waals surface area (Å²) >= 11 is 0. The second-order valence-electron chi connectivity index (χ2n) is 2.39. The van der Waals surface area contributed by atoms with E-state index in [9.17, 15) is 10.1 Å². The summed E-state index contributed by atoms with van der Waals surface area (Å²) in [5.74, 6) is -0.249. The normalized spacial score (nSPS) is 13.3. The molecular formula is C7H12N2O2. The van der Waals surface area contributed by atoms with E-state index in [1.54, 1.807) is 6.08 Å². The zero-order valence-corrected chi connectivity index (χ0v) is 6.70. The number of amidine groups is 1. The maximum absolute atomic E-state index is 9.93. The summed E-state index contributed by atoms with van der Waals surface area (Å²) in [6, 6.07) is 0. The van der Waals surface area contributed by atoms with Gasteiger partial charge < -0.3 is 10.1 Å². The van der Waals surface area contributed by atoms with Crippen molar-refractivity contribution in [3.63, 3.8) is 0 Å². The minimum Gasteiger partial charge on any atom is -0.358 e. The maximum Gasteiger partial charge on any atom is 0.355 e. The summed E-state index contributed by atoms with van der Waals surface area (Å²) in [4.78, 5) is 9.22. The Labute approximate surface area is 65.6 Å². The molecule has 0 amide bonds. The molecule has 11 heavy (non-hydrogen) atoms. The van der Waals surface area contributed by atoms with Gasteiger partial charge >= 0.3 is 5.84 Å². The summed E-state index contributed by atoms with van der Waals surface area (Å²) in [5.41, 5.74) is 0. The third-order valence-corrected chi connectivity index (χ3v) is 1.42. The number of hydrogen-bond donors (Lipinski definition) is 1. The lowest BCUT2D eigenvalue weighted by molar-refractivity contribution is -0.349. The zero-order chi connectivity index (χ0) is 8.85. The highest BCUT2D eigenvalue weighted by molar-refractivity contribution is 5.82. The molecule has 0 aliphatic rings. The molecule has 1 unspecified atom stereocenters. The highest BCUT2D eigenvalue weighted by Crippen LogP contribution is 2.01. The Hall–Kier alpha value is -1.19. The summed E-state index contributed by atoms with van der Waals surface area (Å²) < 4.78 is 0. The number of nitrogens with one attached hydrogen (secondary N) is 1. The van der Waals surface area contributed by atoms with Crippen LogP contribution in [0.2, 0.25) is 0 Å². The molecule has 1 N–H and O–H groups in total. The molecule has 0 bridgehead atoms. The van der Waals surface area contributed by atoms with E-state index in [0.717, 1.165) is 6.42 Å². The topological polar surface area (TPSA) is 67.0 Å². The molecule has 0 aromatic rings. The lowest BCUT2D eigenvalue weighted by Crippen LogP contribution is -2.06. The van der Waals surface area contributed by atoms with E-state index in [1.165, 1.54) is 6.08 Å². The van der Waals surface area contributed by atoms with Gasteiger partial charge in [0, 0.05) is 6.08 Å². The molecule has 4 heteroatoms. The molecule has 0 spiro atoms. The molecule has 0 aromatic heterocycles. The summed E-state index contributed by atoms with van der Waals surface area (Å²) in [6.45, 7) is 3.94. The first-order valence-electron chi connectivity index (χ1n) is 3.49. The van der Waals surface area contributed by atoms with E-state index in [4.69, 9.17) is 5.41 Å². The van der Waals surface area contributed by atoms with Crippen LogP contribution in [0.4, 0.5) is 0 Å². The van der Waals surface area contributed by atoms with Crippen LogP contribution < -0.4 is 0 Å². The Morgan fingerprint density at radius 3 is 2.73 bits per heavy atom. The van der Waals surface area contributed by atoms with Crippen LogP contribution in [-0.2, 0) is 0 Å². The molecule has 0 saturated heterocycles. The molecule has 4 nitrogen and oxygen atoms in total. The Kier molecular flexibility index (Phi) is 4.10. The van der Waals surface area contributed by atoms with Gasteiger partial charge in [-0.25, -0.2) is 0 Å². The molecule has 0 aliphatic heterocycles. The van der Waals surface area contributed by atoms with Crippen LogP contribution in [0.5, 0.6) is 0 Å². The van der Waals surface area contributed by atoms with Gasteiger partial charge in [0.15, 0.2) is 0 Å². The van der Waals surface area contributed by atoms with E-state index in [0.29, 0.717) is 5.92 Å². The van der Waals surface area contributed by atoms with Crippen LogP contribution in [0, 0.1) is 21.4 Å². The fourth-order valence-electron chi connectivity index (χ4n) is 0.452. The Balaban J connectivity index is 3.93. The van der Waals surface area contributed by atoms with Gasteiger partial charge in [0.25, 0.3) is 0 Å². The monoisotopic (exact) mass is 156 g/mol. The van der Waals surface area contributed by atoms with Crippen molar-refractivity contribution in [1.82, 2.24) is 0 Å². The predicted octanol–water partition coefficient (Wildman–Crippen LogP) is 1.84. The number of hydrogen-bond acceptors (Lipinski definition) is 3. The number of rotatable bonds is 3. The highest BCUT2D eigenvalue weighted by atomic mass is 16.6. The average Bonchev–Trinajstić information content (AvgIpc) is 1.99. The standard InChI is InChI=1S/C7H12N2O2/c1-3-6(2)4-5-7(8)9(10)11/h4-6,8H,3H2,1-2H3/b5-4-,8-7?. The van der Waals surface area contributed by atoms with Crippen LogP contribution in [0.3, 0.4) is 0 Å². The summed E-state index contributed by atoms with van der Waals surface area (Å²) in [5, 5.41) is 16.8. The van der Waals surface area contributed by atoms with Crippen LogP contribution in [0.1, 0.15) is 20.3 Å². The molecular weight excluding hydrogens is 144 g/mol. The first-order valence-corrected chi connectivity index (χ1v) is 3.49. The molecule has 0 rings (SSSR count). The highest BCUT2D eigenvalue weighted by Gasteiger charge is 2.01. The van der Waals surface area contributed by atoms with Gasteiger partial charge in [0.1, 0.15) is 0 Å². The largest absolute Gasteiger partial charge is 0.358 e. The van der Waals surface area contributed by atoms with Crippen LogP contribution in [-0.4, -0.2) is 10.8 Å². The summed E-state index contributed by atoms with van der Waals surface area (Å²) in [7, 11) is 0. The van der Waals surface area contributed by atoms with E-state index in [1.807, 2.05) is 13.8 Å². The van der Waals surface area contributed by atoms with Crippen molar-refractivity contribution in [3.8, 4) is 0 Å². The van der Waals surface area contributed by atoms with Crippen molar-refractivity contribution < 1.29 is 4.92 Å². The minimum absolute atomic E-state index is 0.301. The van der Waals surface area contributed by atoms with Gasteiger partial charge in [0.05, 0.1) is 0 Å². The second kappa shape index (κ2) is 4.60. The summed E-state index contributed by atoms with van der Waals surface area (Å²) in [6.07, 6.45) is 3.83. The van der Waals surface area contributed by atoms with Gasteiger partial charge in [0.2, 0.25) is 0 Å². The van der Waals surface area contributed by atoms with Crippen molar-refractivity contribution in [2.45, 2.75) is 20.3 Å². The first kappa shape index (κ1) is 9.81. The van der Waals surface area contributed by atoms with Gasteiger partial charge in [-0.1, -0.05) is 31.8 Å². The SMILES string of the molecule is CCC(C)/C=C\C(=N)[N+](=O)[O-]. The lowest BCUT2D eigenvalue weighted by Gasteiger charge is -1.97. The maximum atomic E-state index is 9.93. The van der Waals surface area contributed by atoms with Crippen molar-refractivity contribution in [1.29, 1.82) is 5.41 Å². The molecule has 0 aromatic carbocycles. The fraction of sp³-hybridized carbons (Fsp3) is 0.571. The zero-order valence-electron chi connectivity index (χ0n) is 6.70. The quantitative estimate of drug-likeness (QED) is 0.293. The molecule has 0 heterocycles. The molecule has 0 fully saturated rings.